The van der Waals surface area contributed by atoms with Crippen molar-refractivity contribution < 1.29 is 9.59 Å². The molecular formula is C15H21N5O2S. The standard InChI is InChI=1S/C15H21N5O2S/c1-19(2)9-7-16-14(21)15(22)17-11-12(13-5-3-10-23-13)20-8-4-6-18-20/h3-6,8,10,12H,7,9,11H2,1-2H3,(H,16,21)(H,17,22). The molecule has 0 spiro atoms. The van der Waals surface area contributed by atoms with E-state index in [9.17, 15) is 9.59 Å². The summed E-state index contributed by atoms with van der Waals surface area (Å²) < 4.78 is 1.77. The summed E-state index contributed by atoms with van der Waals surface area (Å²) in [5.74, 6) is -1.24. The summed E-state index contributed by atoms with van der Waals surface area (Å²) in [6.45, 7) is 1.43. The van der Waals surface area contributed by atoms with Crippen LogP contribution < -0.4 is 10.6 Å². The number of carbonyl (C=O) groups excluding carboxylic acids is 2. The molecule has 1 atom stereocenters. The van der Waals surface area contributed by atoms with Crippen LogP contribution in [0.1, 0.15) is 10.9 Å². The topological polar surface area (TPSA) is 79.3 Å². The first-order valence-electron chi connectivity index (χ1n) is 7.31. The summed E-state index contributed by atoms with van der Waals surface area (Å²) in [6.07, 6.45) is 3.53. The van der Waals surface area contributed by atoms with Gasteiger partial charge in [0.2, 0.25) is 0 Å². The van der Waals surface area contributed by atoms with Gasteiger partial charge in [0.05, 0.1) is 0 Å². The number of amides is 2. The first kappa shape index (κ1) is 17.2. The Bertz CT molecular complexity index is 576. The van der Waals surface area contributed by atoms with Crippen LogP contribution in [0.2, 0.25) is 0 Å². The highest BCUT2D eigenvalue weighted by Gasteiger charge is 2.19. The third-order valence-corrected chi connectivity index (χ3v) is 4.20. The molecule has 0 saturated carbocycles. The van der Waals surface area contributed by atoms with Crippen LogP contribution >= 0.6 is 11.3 Å². The molecule has 8 heteroatoms. The molecule has 23 heavy (non-hydrogen) atoms. The number of nitrogens with one attached hydrogen (secondary N) is 2. The lowest BCUT2D eigenvalue weighted by molar-refractivity contribution is -0.139. The highest BCUT2D eigenvalue weighted by molar-refractivity contribution is 7.10. The first-order valence-corrected chi connectivity index (χ1v) is 8.19. The molecule has 0 bridgehead atoms. The van der Waals surface area contributed by atoms with Crippen LogP contribution in [0.4, 0.5) is 0 Å². The Kier molecular flexibility index (Phi) is 6.30. The molecule has 2 rings (SSSR count). The molecule has 0 radical (unpaired) electrons. The lowest BCUT2D eigenvalue weighted by Gasteiger charge is -2.17. The fourth-order valence-corrected chi connectivity index (χ4v) is 2.83. The normalized spacial score (nSPS) is 12.1. The summed E-state index contributed by atoms with van der Waals surface area (Å²) in [4.78, 5) is 26.7. The zero-order valence-corrected chi connectivity index (χ0v) is 14.0. The van der Waals surface area contributed by atoms with Gasteiger partial charge in [-0.2, -0.15) is 5.10 Å². The quantitative estimate of drug-likeness (QED) is 0.715. The van der Waals surface area contributed by atoms with Gasteiger partial charge in [0, 0.05) is 36.9 Å². The molecule has 0 aliphatic heterocycles. The number of carbonyl (C=O) groups is 2. The summed E-state index contributed by atoms with van der Waals surface area (Å²) >= 11 is 1.59. The smallest absolute Gasteiger partial charge is 0.309 e. The molecule has 2 heterocycles. The van der Waals surface area contributed by atoms with E-state index in [0.717, 1.165) is 4.88 Å². The summed E-state index contributed by atoms with van der Waals surface area (Å²) in [5, 5.41) is 11.5. The minimum Gasteiger partial charge on any atom is -0.347 e. The highest BCUT2D eigenvalue weighted by Crippen LogP contribution is 2.21. The number of hydrogen-bond donors (Lipinski definition) is 2. The molecular weight excluding hydrogens is 314 g/mol. The van der Waals surface area contributed by atoms with Gasteiger partial charge in [-0.15, -0.1) is 11.3 Å². The molecule has 0 aliphatic rings. The monoisotopic (exact) mass is 335 g/mol. The predicted molar refractivity (Wildman–Crippen MR) is 89.3 cm³/mol. The van der Waals surface area contributed by atoms with Crippen molar-refractivity contribution in [2.45, 2.75) is 6.04 Å². The van der Waals surface area contributed by atoms with Gasteiger partial charge < -0.3 is 15.5 Å². The van der Waals surface area contributed by atoms with Crippen molar-refractivity contribution in [3.63, 3.8) is 0 Å². The number of aromatic nitrogens is 2. The number of nitrogens with zero attached hydrogens (tertiary/aromatic N) is 3. The van der Waals surface area contributed by atoms with Crippen molar-refractivity contribution in [1.82, 2.24) is 25.3 Å². The largest absolute Gasteiger partial charge is 0.347 e. The average molecular weight is 335 g/mol. The van der Waals surface area contributed by atoms with E-state index in [0.29, 0.717) is 19.6 Å². The van der Waals surface area contributed by atoms with Crippen molar-refractivity contribution in [3.05, 3.63) is 40.8 Å². The second kappa shape index (κ2) is 8.44. The number of thiophene rings is 1. The SMILES string of the molecule is CN(C)CCNC(=O)C(=O)NCC(c1cccs1)n1cccn1. The van der Waals surface area contributed by atoms with E-state index < -0.39 is 11.8 Å². The van der Waals surface area contributed by atoms with E-state index in [4.69, 9.17) is 0 Å². The highest BCUT2D eigenvalue weighted by atomic mass is 32.1. The summed E-state index contributed by atoms with van der Waals surface area (Å²) in [5.41, 5.74) is 0. The maximum absolute atomic E-state index is 11.9. The maximum atomic E-state index is 11.9. The average Bonchev–Trinajstić information content (AvgIpc) is 3.20. The molecule has 2 aromatic rings. The lowest BCUT2D eigenvalue weighted by Crippen LogP contribution is -2.43. The minimum absolute atomic E-state index is 0.122. The Labute approximate surface area is 139 Å². The molecule has 1 unspecified atom stereocenters. The second-order valence-electron chi connectivity index (χ2n) is 5.29. The van der Waals surface area contributed by atoms with Gasteiger partial charge in [0.1, 0.15) is 6.04 Å². The first-order chi connectivity index (χ1) is 11.1. The van der Waals surface area contributed by atoms with Gasteiger partial charge in [-0.25, -0.2) is 0 Å². The maximum Gasteiger partial charge on any atom is 0.309 e. The Morgan fingerprint density at radius 3 is 2.70 bits per heavy atom. The summed E-state index contributed by atoms with van der Waals surface area (Å²) in [7, 11) is 3.81. The van der Waals surface area contributed by atoms with E-state index in [1.165, 1.54) is 0 Å². The minimum atomic E-state index is -0.627. The Hall–Kier alpha value is -2.19. The van der Waals surface area contributed by atoms with E-state index in [2.05, 4.69) is 15.7 Å². The zero-order chi connectivity index (χ0) is 16.7. The van der Waals surface area contributed by atoms with Crippen LogP contribution in [0.3, 0.4) is 0 Å². The zero-order valence-electron chi connectivity index (χ0n) is 13.2. The fourth-order valence-electron chi connectivity index (χ4n) is 2.01. The predicted octanol–water partition coefficient (Wildman–Crippen LogP) is 0.328. The van der Waals surface area contributed by atoms with E-state index in [1.54, 1.807) is 22.2 Å². The molecule has 2 amide bonds. The summed E-state index contributed by atoms with van der Waals surface area (Å²) in [6, 6.07) is 5.65. The van der Waals surface area contributed by atoms with Crippen molar-refractivity contribution in [3.8, 4) is 0 Å². The van der Waals surface area contributed by atoms with Crippen LogP contribution in [0.15, 0.2) is 36.0 Å². The number of rotatable bonds is 7. The van der Waals surface area contributed by atoms with Crippen molar-refractivity contribution in [2.75, 3.05) is 33.7 Å². The van der Waals surface area contributed by atoms with Crippen LogP contribution in [-0.4, -0.2) is 60.2 Å². The van der Waals surface area contributed by atoms with Crippen molar-refractivity contribution in [1.29, 1.82) is 0 Å². The van der Waals surface area contributed by atoms with Gasteiger partial charge in [0.15, 0.2) is 0 Å². The van der Waals surface area contributed by atoms with Gasteiger partial charge in [0.25, 0.3) is 0 Å². The van der Waals surface area contributed by atoms with Crippen LogP contribution in [0.25, 0.3) is 0 Å². The van der Waals surface area contributed by atoms with Gasteiger partial charge in [-0.3, -0.25) is 14.3 Å². The number of hydrogen-bond acceptors (Lipinski definition) is 5. The molecule has 124 valence electrons. The van der Waals surface area contributed by atoms with Gasteiger partial charge in [-0.1, -0.05) is 6.07 Å². The van der Waals surface area contributed by atoms with Crippen LogP contribution in [-0.2, 0) is 9.59 Å². The molecule has 2 aromatic heterocycles. The van der Waals surface area contributed by atoms with Gasteiger partial charge >= 0.3 is 11.8 Å². The molecule has 0 saturated heterocycles. The molecule has 7 nitrogen and oxygen atoms in total. The van der Waals surface area contributed by atoms with Crippen molar-refractivity contribution >= 4 is 23.2 Å². The van der Waals surface area contributed by atoms with Crippen molar-refractivity contribution in [2.24, 2.45) is 0 Å². The Balaban J connectivity index is 1.89. The van der Waals surface area contributed by atoms with E-state index in [-0.39, 0.29) is 6.04 Å². The van der Waals surface area contributed by atoms with Crippen LogP contribution in [0, 0.1) is 0 Å². The Morgan fingerprint density at radius 2 is 2.09 bits per heavy atom. The third kappa shape index (κ3) is 5.19. The molecule has 2 N–H and O–H groups in total. The fraction of sp³-hybridized carbons (Fsp3) is 0.400. The van der Waals surface area contributed by atoms with Crippen LogP contribution in [0.5, 0.6) is 0 Å². The lowest BCUT2D eigenvalue weighted by atomic mass is 10.2. The second-order valence-corrected chi connectivity index (χ2v) is 6.27. The third-order valence-electron chi connectivity index (χ3n) is 3.22. The molecule has 0 fully saturated rings. The number of likely N-dealkylation sites (N-methyl/N-ethyl adjacent to an activating group) is 1. The molecule has 0 aliphatic carbocycles. The Morgan fingerprint density at radius 1 is 1.30 bits per heavy atom. The van der Waals surface area contributed by atoms with E-state index >= 15 is 0 Å². The van der Waals surface area contributed by atoms with E-state index in [1.807, 2.05) is 48.8 Å². The van der Waals surface area contributed by atoms with Gasteiger partial charge in [-0.05, 0) is 31.6 Å². The molecule has 0 aromatic carbocycles.